The number of amidine groups is 1. The first-order valence-corrected chi connectivity index (χ1v) is 2.38. The number of halogens is 1. The van der Waals surface area contributed by atoms with Crippen molar-refractivity contribution in [3.05, 3.63) is 6.54 Å². The number of nitrogens with zero attached hydrogens (tertiary/aromatic N) is 1. The molecule has 2 nitrogen and oxygen atoms in total. The molecule has 1 N–H and O–H groups in total. The maximum atomic E-state index is 3.85. The molecule has 0 saturated carbocycles. The predicted octanol–water partition coefficient (Wildman–Crippen LogP) is 0.379. The Morgan fingerprint density at radius 1 is 2.00 bits per heavy atom. The lowest BCUT2D eigenvalue weighted by molar-refractivity contribution is 1.11. The summed E-state index contributed by atoms with van der Waals surface area (Å²) in [6.07, 6.45) is 0. The van der Waals surface area contributed by atoms with E-state index in [1.165, 1.54) is 0 Å². The molecule has 3 heteroatoms. The average Bonchev–Trinajstić information content (AvgIpc) is 1.86. The second kappa shape index (κ2) is 1.60. The van der Waals surface area contributed by atoms with Gasteiger partial charge in [0.05, 0.1) is 6.54 Å². The van der Waals surface area contributed by atoms with Crippen molar-refractivity contribution >= 4 is 20.7 Å². The average molecular weight is 147 g/mol. The first-order chi connectivity index (χ1) is 2.89. The zero-order chi connectivity index (χ0) is 4.41. The zero-order valence-electron chi connectivity index (χ0n) is 3.03. The molecule has 1 heterocycles. The third-order valence-electron chi connectivity index (χ3n) is 0.488. The fourth-order valence-electron chi connectivity index (χ4n) is 0.261. The molecule has 1 rings (SSSR count). The molecule has 2 radical (unpaired) electrons. The lowest BCUT2D eigenvalue weighted by Crippen LogP contribution is -2.05. The first kappa shape index (κ1) is 4.12. The van der Waals surface area contributed by atoms with Crippen LogP contribution in [0.3, 0.4) is 0 Å². The largest absolute Gasteiger partial charge is 0.352 e. The summed E-state index contributed by atoms with van der Waals surface area (Å²) in [5.74, 6) is 0. The maximum absolute atomic E-state index is 3.85. The van der Waals surface area contributed by atoms with Gasteiger partial charge in [0, 0.05) is 0 Å². The monoisotopic (exact) mass is 146 g/mol. The SMILES string of the molecule is BrC1=NC[C]N1. The van der Waals surface area contributed by atoms with Crippen LogP contribution < -0.4 is 5.32 Å². The summed E-state index contributed by atoms with van der Waals surface area (Å²) >= 11 is 3.11. The fourth-order valence-corrected chi connectivity index (χ4v) is 0.526. The topological polar surface area (TPSA) is 24.4 Å². The van der Waals surface area contributed by atoms with E-state index < -0.39 is 0 Å². The minimum absolute atomic E-state index is 0.667. The molecule has 0 aromatic carbocycles. The highest BCUT2D eigenvalue weighted by Gasteiger charge is 1.97. The molecule has 0 bridgehead atoms. The van der Waals surface area contributed by atoms with Crippen molar-refractivity contribution < 1.29 is 0 Å². The van der Waals surface area contributed by atoms with Crippen molar-refractivity contribution in [2.24, 2.45) is 4.99 Å². The predicted molar refractivity (Wildman–Crippen MR) is 27.6 cm³/mol. The maximum Gasteiger partial charge on any atom is 0.166 e. The van der Waals surface area contributed by atoms with Crippen LogP contribution in [0.1, 0.15) is 0 Å². The molecule has 0 aromatic heterocycles. The summed E-state index contributed by atoms with van der Waals surface area (Å²) in [5.41, 5.74) is 0. The third kappa shape index (κ3) is 0.712. The Morgan fingerprint density at radius 2 is 2.83 bits per heavy atom. The lowest BCUT2D eigenvalue weighted by Gasteiger charge is -1.81. The normalized spacial score (nSPS) is 19.8. The Kier molecular flexibility index (Phi) is 1.10. The van der Waals surface area contributed by atoms with Gasteiger partial charge in [-0.2, -0.15) is 0 Å². The van der Waals surface area contributed by atoms with Gasteiger partial charge in [0.25, 0.3) is 0 Å². The smallest absolute Gasteiger partial charge is 0.166 e. The van der Waals surface area contributed by atoms with Gasteiger partial charge >= 0.3 is 0 Å². The van der Waals surface area contributed by atoms with E-state index in [4.69, 9.17) is 0 Å². The summed E-state index contributed by atoms with van der Waals surface area (Å²) in [7, 11) is 0. The van der Waals surface area contributed by atoms with Crippen LogP contribution in [0, 0.1) is 6.54 Å². The van der Waals surface area contributed by atoms with E-state index in [1.54, 1.807) is 0 Å². The van der Waals surface area contributed by atoms with Gasteiger partial charge in [-0.25, -0.2) is 0 Å². The molecule has 0 amide bonds. The van der Waals surface area contributed by atoms with Crippen molar-refractivity contribution in [2.75, 3.05) is 6.54 Å². The molecular weight excluding hydrogens is 144 g/mol. The van der Waals surface area contributed by atoms with Crippen molar-refractivity contribution in [3.63, 3.8) is 0 Å². The van der Waals surface area contributed by atoms with Crippen LogP contribution in [0.2, 0.25) is 0 Å². The van der Waals surface area contributed by atoms with Gasteiger partial charge in [0.2, 0.25) is 0 Å². The first-order valence-electron chi connectivity index (χ1n) is 1.58. The molecule has 0 aliphatic carbocycles. The van der Waals surface area contributed by atoms with E-state index in [-0.39, 0.29) is 0 Å². The number of hydrogen-bond donors (Lipinski definition) is 1. The Hall–Kier alpha value is -0.0500. The highest BCUT2D eigenvalue weighted by molar-refractivity contribution is 9.18. The van der Waals surface area contributed by atoms with Crippen molar-refractivity contribution in [2.45, 2.75) is 0 Å². The van der Waals surface area contributed by atoms with Crippen LogP contribution in [0.25, 0.3) is 0 Å². The van der Waals surface area contributed by atoms with Gasteiger partial charge in [0.1, 0.15) is 6.54 Å². The van der Waals surface area contributed by atoms with Gasteiger partial charge < -0.3 is 5.32 Å². The highest BCUT2D eigenvalue weighted by Crippen LogP contribution is 1.93. The Morgan fingerprint density at radius 3 is 3.00 bits per heavy atom. The molecule has 1 aliphatic rings. The highest BCUT2D eigenvalue weighted by atomic mass is 79.9. The molecule has 1 aliphatic heterocycles. The van der Waals surface area contributed by atoms with Gasteiger partial charge in [-0.1, -0.05) is 0 Å². The van der Waals surface area contributed by atoms with E-state index in [1.807, 2.05) is 0 Å². The van der Waals surface area contributed by atoms with E-state index in [0.717, 1.165) is 4.74 Å². The Labute approximate surface area is 44.8 Å². The molecule has 6 heavy (non-hydrogen) atoms. The van der Waals surface area contributed by atoms with E-state index in [0.29, 0.717) is 6.54 Å². The molecule has 0 atom stereocenters. The van der Waals surface area contributed by atoms with Crippen LogP contribution >= 0.6 is 15.9 Å². The van der Waals surface area contributed by atoms with Crippen LogP contribution in [-0.4, -0.2) is 11.3 Å². The summed E-state index contributed by atoms with van der Waals surface area (Å²) in [6.45, 7) is 3.44. The Balaban J connectivity index is 2.45. The minimum Gasteiger partial charge on any atom is -0.352 e. The standard InChI is InChI=1S/C3H3BrN2/c4-3-5-1-2-6-3/h1H2,(H,5,6). The molecular formula is C3H3BrN2. The van der Waals surface area contributed by atoms with E-state index >= 15 is 0 Å². The quantitative estimate of drug-likeness (QED) is 0.492. The second-order valence-electron chi connectivity index (χ2n) is 0.909. The summed E-state index contributed by atoms with van der Waals surface area (Å²) in [6, 6.07) is 0. The van der Waals surface area contributed by atoms with Crippen molar-refractivity contribution in [3.8, 4) is 0 Å². The Bertz CT molecular complexity index is 78.9. The molecule has 0 fully saturated rings. The van der Waals surface area contributed by atoms with Crippen molar-refractivity contribution in [1.82, 2.24) is 5.32 Å². The minimum atomic E-state index is 0.667. The molecule has 0 spiro atoms. The summed E-state index contributed by atoms with van der Waals surface area (Å²) < 4.78 is 0.780. The molecule has 32 valence electrons. The molecule has 0 unspecified atom stereocenters. The van der Waals surface area contributed by atoms with Gasteiger partial charge in [0.15, 0.2) is 4.74 Å². The lowest BCUT2D eigenvalue weighted by atomic mass is 10.7. The number of aliphatic imine (C=N–C) groups is 1. The van der Waals surface area contributed by atoms with Crippen LogP contribution in [0.5, 0.6) is 0 Å². The second-order valence-corrected chi connectivity index (χ2v) is 1.66. The van der Waals surface area contributed by atoms with E-state index in [2.05, 4.69) is 32.8 Å². The van der Waals surface area contributed by atoms with Crippen molar-refractivity contribution in [1.29, 1.82) is 0 Å². The summed E-state index contributed by atoms with van der Waals surface area (Å²) in [4.78, 5) is 3.85. The summed E-state index contributed by atoms with van der Waals surface area (Å²) in [5, 5.41) is 2.74. The van der Waals surface area contributed by atoms with E-state index in [9.17, 15) is 0 Å². The zero-order valence-corrected chi connectivity index (χ0v) is 4.62. The molecule has 0 aromatic rings. The fraction of sp³-hybridized carbons (Fsp3) is 0.333. The van der Waals surface area contributed by atoms with Crippen LogP contribution in [0.15, 0.2) is 4.99 Å². The number of rotatable bonds is 0. The van der Waals surface area contributed by atoms with Gasteiger partial charge in [-0.05, 0) is 15.9 Å². The number of hydrogen-bond acceptors (Lipinski definition) is 2. The van der Waals surface area contributed by atoms with Crippen LogP contribution in [-0.2, 0) is 0 Å². The molecule has 0 saturated heterocycles. The number of nitrogens with one attached hydrogen (secondary N) is 1. The van der Waals surface area contributed by atoms with Crippen LogP contribution in [0.4, 0.5) is 0 Å². The van der Waals surface area contributed by atoms with Gasteiger partial charge in [-0.3, -0.25) is 4.99 Å². The third-order valence-corrected chi connectivity index (χ3v) is 0.937. The van der Waals surface area contributed by atoms with Gasteiger partial charge in [-0.15, -0.1) is 0 Å².